The van der Waals surface area contributed by atoms with Crippen molar-refractivity contribution in [1.29, 1.82) is 0 Å². The Bertz CT molecular complexity index is 349. The molecule has 114 valence electrons. The molecule has 0 heterocycles. The fourth-order valence-corrected chi connectivity index (χ4v) is 4.07. The van der Waals surface area contributed by atoms with Gasteiger partial charge in [0.25, 0.3) is 0 Å². The lowest BCUT2D eigenvalue weighted by molar-refractivity contribution is 0.283. The predicted octanol–water partition coefficient (Wildman–Crippen LogP) is 3.97. The van der Waals surface area contributed by atoms with E-state index in [1.54, 1.807) is 0 Å². The van der Waals surface area contributed by atoms with Gasteiger partial charge in [-0.2, -0.15) is 0 Å². The summed E-state index contributed by atoms with van der Waals surface area (Å²) in [6.07, 6.45) is 12.0. The van der Waals surface area contributed by atoms with Crippen molar-refractivity contribution in [1.82, 2.24) is 0 Å². The first-order chi connectivity index (χ1) is 8.81. The molecule has 0 bridgehead atoms. The van der Waals surface area contributed by atoms with Gasteiger partial charge in [-0.05, 0) is 31.1 Å². The van der Waals surface area contributed by atoms with Crippen molar-refractivity contribution >= 4 is 10.0 Å². The minimum absolute atomic E-state index is 0.304. The normalized spacial score (nSPS) is 27.8. The van der Waals surface area contributed by atoms with E-state index in [0.29, 0.717) is 5.41 Å². The van der Waals surface area contributed by atoms with Crippen LogP contribution in [0.3, 0.4) is 0 Å². The zero-order valence-electron chi connectivity index (χ0n) is 12.7. The van der Waals surface area contributed by atoms with Crippen molar-refractivity contribution in [3.63, 3.8) is 0 Å². The molecule has 0 aromatic carbocycles. The van der Waals surface area contributed by atoms with Crippen LogP contribution in [0.4, 0.5) is 0 Å². The van der Waals surface area contributed by atoms with Gasteiger partial charge in [-0.1, -0.05) is 58.8 Å². The number of sulfonamides is 1. The maximum absolute atomic E-state index is 11.6. The second-order valence-electron chi connectivity index (χ2n) is 6.93. The van der Waals surface area contributed by atoms with Gasteiger partial charge < -0.3 is 0 Å². The third kappa shape index (κ3) is 7.31. The molecule has 0 spiro atoms. The summed E-state index contributed by atoms with van der Waals surface area (Å²) in [5.74, 6) is 0. The lowest BCUT2D eigenvalue weighted by Crippen LogP contribution is -2.28. The van der Waals surface area contributed by atoms with Gasteiger partial charge in [0.05, 0.1) is 5.25 Å². The van der Waals surface area contributed by atoms with Crippen LogP contribution < -0.4 is 5.14 Å². The number of hydrogen-bond donors (Lipinski definition) is 1. The van der Waals surface area contributed by atoms with Crippen molar-refractivity contribution in [3.8, 4) is 0 Å². The fraction of sp³-hybridized carbons (Fsp3) is 1.00. The molecule has 1 saturated carbocycles. The van der Waals surface area contributed by atoms with E-state index in [1.165, 1.54) is 32.1 Å². The largest absolute Gasteiger partial charge is 0.228 e. The first-order valence-corrected chi connectivity index (χ1v) is 9.44. The molecular formula is C15H31NO2S. The Kier molecular flexibility index (Phi) is 6.81. The SMILES string of the molecule is CC1(C)CCCCCCC(S(N)(=O)=O)CCCCC1. The Morgan fingerprint density at radius 3 is 1.74 bits per heavy atom. The van der Waals surface area contributed by atoms with E-state index in [-0.39, 0.29) is 5.25 Å². The summed E-state index contributed by atoms with van der Waals surface area (Å²) in [7, 11) is -3.35. The van der Waals surface area contributed by atoms with Crippen LogP contribution >= 0.6 is 0 Å². The minimum atomic E-state index is -3.35. The van der Waals surface area contributed by atoms with Gasteiger partial charge in [0.1, 0.15) is 0 Å². The number of primary sulfonamides is 1. The van der Waals surface area contributed by atoms with Gasteiger partial charge in [-0.3, -0.25) is 0 Å². The molecule has 1 aliphatic carbocycles. The Balaban J connectivity index is 2.52. The molecule has 4 heteroatoms. The van der Waals surface area contributed by atoms with Crippen molar-refractivity contribution in [3.05, 3.63) is 0 Å². The van der Waals surface area contributed by atoms with E-state index in [4.69, 9.17) is 5.14 Å². The number of nitrogens with two attached hydrogens (primary N) is 1. The van der Waals surface area contributed by atoms with E-state index in [0.717, 1.165) is 38.5 Å². The molecule has 3 nitrogen and oxygen atoms in total. The Morgan fingerprint density at radius 1 is 0.842 bits per heavy atom. The fourth-order valence-electron chi connectivity index (χ4n) is 3.08. The van der Waals surface area contributed by atoms with Crippen LogP contribution in [0.1, 0.15) is 84.5 Å². The summed E-state index contributed by atoms with van der Waals surface area (Å²) in [6, 6.07) is 0. The molecule has 1 aliphatic rings. The molecule has 0 amide bonds. The van der Waals surface area contributed by atoms with Crippen molar-refractivity contribution < 1.29 is 8.42 Å². The van der Waals surface area contributed by atoms with Crippen LogP contribution in [0.15, 0.2) is 0 Å². The molecule has 0 aliphatic heterocycles. The summed E-state index contributed by atoms with van der Waals surface area (Å²) >= 11 is 0. The quantitative estimate of drug-likeness (QED) is 0.794. The third-order valence-electron chi connectivity index (χ3n) is 4.47. The maximum Gasteiger partial charge on any atom is 0.211 e. The lowest BCUT2D eigenvalue weighted by atomic mass is 9.82. The first-order valence-electron chi connectivity index (χ1n) is 7.83. The standard InChI is InChI=1S/C15H31NO2S/c1-15(2)12-8-4-3-6-10-14(19(16,17)18)11-7-5-9-13-15/h14H,3-13H2,1-2H3,(H2,16,17,18). The van der Waals surface area contributed by atoms with Crippen LogP contribution in [0, 0.1) is 5.41 Å². The van der Waals surface area contributed by atoms with Gasteiger partial charge in [-0.25, -0.2) is 13.6 Å². The van der Waals surface area contributed by atoms with E-state index >= 15 is 0 Å². The van der Waals surface area contributed by atoms with E-state index in [1.807, 2.05) is 0 Å². The maximum atomic E-state index is 11.6. The summed E-state index contributed by atoms with van der Waals surface area (Å²) in [6.45, 7) is 4.72. The zero-order chi connectivity index (χ0) is 14.4. The second kappa shape index (κ2) is 7.63. The average molecular weight is 289 g/mol. The van der Waals surface area contributed by atoms with Crippen LogP contribution in [0.25, 0.3) is 0 Å². The van der Waals surface area contributed by atoms with Crippen LogP contribution in [0.2, 0.25) is 0 Å². The molecule has 0 saturated heterocycles. The summed E-state index contributed by atoms with van der Waals surface area (Å²) < 4.78 is 23.1. The van der Waals surface area contributed by atoms with Crippen LogP contribution in [0.5, 0.6) is 0 Å². The number of hydrogen-bond acceptors (Lipinski definition) is 2. The Hall–Kier alpha value is -0.0900. The Labute approximate surface area is 119 Å². The molecule has 0 aromatic heterocycles. The van der Waals surface area contributed by atoms with Gasteiger partial charge in [0.2, 0.25) is 10.0 Å². The monoisotopic (exact) mass is 289 g/mol. The first kappa shape index (κ1) is 17.0. The molecule has 0 aromatic rings. The molecule has 1 unspecified atom stereocenters. The number of rotatable bonds is 1. The van der Waals surface area contributed by atoms with Crippen molar-refractivity contribution in [2.75, 3.05) is 0 Å². The van der Waals surface area contributed by atoms with E-state index < -0.39 is 10.0 Å². The lowest BCUT2D eigenvalue weighted by Gasteiger charge is -2.24. The van der Waals surface area contributed by atoms with Gasteiger partial charge >= 0.3 is 0 Å². The average Bonchev–Trinajstić information content (AvgIpc) is 2.29. The molecular weight excluding hydrogens is 258 g/mol. The van der Waals surface area contributed by atoms with Crippen LogP contribution in [-0.4, -0.2) is 13.7 Å². The molecule has 0 radical (unpaired) electrons. The molecule has 1 rings (SSSR count). The van der Waals surface area contributed by atoms with Crippen LogP contribution in [-0.2, 0) is 10.0 Å². The molecule has 19 heavy (non-hydrogen) atoms. The highest BCUT2D eigenvalue weighted by Gasteiger charge is 2.22. The van der Waals surface area contributed by atoms with Crippen molar-refractivity contribution in [2.24, 2.45) is 10.6 Å². The highest BCUT2D eigenvalue weighted by Crippen LogP contribution is 2.31. The summed E-state index contributed by atoms with van der Waals surface area (Å²) in [5, 5.41) is 5.03. The van der Waals surface area contributed by atoms with Gasteiger partial charge in [0, 0.05) is 0 Å². The van der Waals surface area contributed by atoms with E-state index in [2.05, 4.69) is 13.8 Å². The van der Waals surface area contributed by atoms with E-state index in [9.17, 15) is 8.42 Å². The third-order valence-corrected chi connectivity index (χ3v) is 5.87. The van der Waals surface area contributed by atoms with Crippen molar-refractivity contribution in [2.45, 2.75) is 89.7 Å². The summed E-state index contributed by atoms with van der Waals surface area (Å²) in [4.78, 5) is 0. The summed E-state index contributed by atoms with van der Waals surface area (Å²) in [5.41, 5.74) is 0.452. The van der Waals surface area contributed by atoms with Gasteiger partial charge in [0.15, 0.2) is 0 Å². The highest BCUT2D eigenvalue weighted by molar-refractivity contribution is 7.89. The second-order valence-corrected chi connectivity index (χ2v) is 8.77. The van der Waals surface area contributed by atoms with Gasteiger partial charge in [-0.15, -0.1) is 0 Å². The topological polar surface area (TPSA) is 60.2 Å². The zero-order valence-corrected chi connectivity index (χ0v) is 13.5. The molecule has 1 fully saturated rings. The smallest absolute Gasteiger partial charge is 0.211 e. The molecule has 1 atom stereocenters. The predicted molar refractivity (Wildman–Crippen MR) is 81.5 cm³/mol. The Morgan fingerprint density at radius 2 is 1.26 bits per heavy atom. The molecule has 2 N–H and O–H groups in total. The minimum Gasteiger partial charge on any atom is -0.228 e. The highest BCUT2D eigenvalue weighted by atomic mass is 32.2.